The van der Waals surface area contributed by atoms with Crippen molar-refractivity contribution in [3.8, 4) is 0 Å². The molecule has 0 spiro atoms. The van der Waals surface area contributed by atoms with E-state index in [1.807, 2.05) is 18.2 Å². The van der Waals surface area contributed by atoms with Gasteiger partial charge in [-0.2, -0.15) is 0 Å². The van der Waals surface area contributed by atoms with Crippen molar-refractivity contribution < 1.29 is 0 Å². The zero-order valence-corrected chi connectivity index (χ0v) is 11.7. The minimum absolute atomic E-state index is 0.581. The predicted octanol–water partition coefficient (Wildman–Crippen LogP) is 3.24. The Hall–Kier alpha value is -1.06. The fraction of sp³-hybridized carbons (Fsp3) is 0.500. The summed E-state index contributed by atoms with van der Waals surface area (Å²) in [4.78, 5) is 4.69. The molecule has 1 aromatic carbocycles. The van der Waals surface area contributed by atoms with Gasteiger partial charge < -0.3 is 10.3 Å². The summed E-state index contributed by atoms with van der Waals surface area (Å²) in [6.07, 6.45) is 1.89. The molecule has 98 valence electrons. The van der Waals surface area contributed by atoms with Crippen LogP contribution in [-0.4, -0.2) is 16.1 Å². The Kier molecular flexibility index (Phi) is 4.25. The Labute approximate surface area is 113 Å². The normalized spacial score (nSPS) is 11.6. The molecule has 1 aromatic heterocycles. The van der Waals surface area contributed by atoms with Gasteiger partial charge in [0.05, 0.1) is 11.0 Å². The minimum atomic E-state index is 0.581. The Morgan fingerprint density at radius 3 is 2.83 bits per heavy atom. The first-order valence-electron chi connectivity index (χ1n) is 6.46. The average molecular weight is 266 g/mol. The maximum atomic E-state index is 6.08. The van der Waals surface area contributed by atoms with Gasteiger partial charge >= 0.3 is 0 Å². The highest BCUT2D eigenvalue weighted by Crippen LogP contribution is 2.22. The van der Waals surface area contributed by atoms with Crippen LogP contribution in [0.3, 0.4) is 0 Å². The summed E-state index contributed by atoms with van der Waals surface area (Å²) in [5.41, 5.74) is 7.74. The number of aryl methyl sites for hydroxylation is 1. The van der Waals surface area contributed by atoms with Crippen LogP contribution < -0.4 is 5.73 Å². The highest BCUT2D eigenvalue weighted by atomic mass is 35.5. The van der Waals surface area contributed by atoms with Crippen LogP contribution >= 0.6 is 11.6 Å². The van der Waals surface area contributed by atoms with Gasteiger partial charge in [-0.3, -0.25) is 0 Å². The number of nitrogens with two attached hydrogens (primary N) is 1. The van der Waals surface area contributed by atoms with E-state index in [9.17, 15) is 0 Å². The summed E-state index contributed by atoms with van der Waals surface area (Å²) >= 11 is 6.08. The number of hydrogen-bond acceptors (Lipinski definition) is 2. The smallest absolute Gasteiger partial charge is 0.109 e. The predicted molar refractivity (Wildman–Crippen MR) is 77.0 cm³/mol. The van der Waals surface area contributed by atoms with Crippen molar-refractivity contribution in [1.29, 1.82) is 0 Å². The maximum absolute atomic E-state index is 6.08. The molecule has 2 rings (SSSR count). The number of aromatic nitrogens is 2. The first-order valence-corrected chi connectivity index (χ1v) is 6.84. The number of nitrogens with zero attached hydrogens (tertiary/aromatic N) is 2. The Bertz CT molecular complexity index is 531. The molecule has 18 heavy (non-hydrogen) atoms. The highest BCUT2D eigenvalue weighted by Gasteiger charge is 2.11. The molecule has 2 N–H and O–H groups in total. The molecule has 0 aliphatic heterocycles. The molecule has 3 nitrogen and oxygen atoms in total. The quantitative estimate of drug-likeness (QED) is 0.902. The van der Waals surface area contributed by atoms with Crippen molar-refractivity contribution in [2.45, 2.75) is 33.2 Å². The lowest BCUT2D eigenvalue weighted by molar-refractivity contribution is 0.514. The molecule has 2 aromatic rings. The van der Waals surface area contributed by atoms with Crippen molar-refractivity contribution in [2.75, 3.05) is 6.54 Å². The standard InChI is InChI=1S/C14H20ClN3/c1-10(2)9-18-13-8-11(15)5-6-12(13)17-14(18)4-3-7-16/h5-6,8,10H,3-4,7,9,16H2,1-2H3. The van der Waals surface area contributed by atoms with Gasteiger partial charge in [0, 0.05) is 18.0 Å². The monoisotopic (exact) mass is 265 g/mol. The molecular weight excluding hydrogens is 246 g/mol. The number of halogens is 1. The molecule has 0 atom stereocenters. The number of fused-ring (bicyclic) bond motifs is 1. The van der Waals surface area contributed by atoms with E-state index >= 15 is 0 Å². The van der Waals surface area contributed by atoms with E-state index in [0.29, 0.717) is 12.5 Å². The van der Waals surface area contributed by atoms with Crippen LogP contribution in [0, 0.1) is 5.92 Å². The van der Waals surface area contributed by atoms with Crippen molar-refractivity contribution in [1.82, 2.24) is 9.55 Å². The van der Waals surface area contributed by atoms with Crippen LogP contribution in [0.15, 0.2) is 18.2 Å². The SMILES string of the molecule is CC(C)Cn1c(CCCN)nc2ccc(Cl)cc21. The Morgan fingerprint density at radius 2 is 2.17 bits per heavy atom. The summed E-state index contributed by atoms with van der Waals surface area (Å²) in [5.74, 6) is 1.70. The van der Waals surface area contributed by atoms with Crippen LogP contribution in [0.1, 0.15) is 26.1 Å². The Balaban J connectivity index is 2.47. The molecule has 1 heterocycles. The molecule has 0 fully saturated rings. The topological polar surface area (TPSA) is 43.8 Å². The lowest BCUT2D eigenvalue weighted by Gasteiger charge is -2.11. The van der Waals surface area contributed by atoms with Gasteiger partial charge in [-0.05, 0) is 37.1 Å². The first-order chi connectivity index (χ1) is 8.61. The molecule has 0 aliphatic rings. The molecule has 0 radical (unpaired) electrons. The summed E-state index contributed by atoms with van der Waals surface area (Å²) in [6, 6.07) is 5.88. The lowest BCUT2D eigenvalue weighted by atomic mass is 10.2. The average Bonchev–Trinajstić information content (AvgIpc) is 2.64. The second-order valence-corrected chi connectivity index (χ2v) is 5.49. The van der Waals surface area contributed by atoms with E-state index in [0.717, 1.165) is 41.3 Å². The third kappa shape index (κ3) is 2.85. The third-order valence-corrected chi connectivity index (χ3v) is 3.18. The van der Waals surface area contributed by atoms with Crippen molar-refractivity contribution in [2.24, 2.45) is 11.7 Å². The minimum Gasteiger partial charge on any atom is -0.330 e. The number of benzene rings is 1. The molecule has 0 aliphatic carbocycles. The maximum Gasteiger partial charge on any atom is 0.109 e. The van der Waals surface area contributed by atoms with Crippen LogP contribution in [0.25, 0.3) is 11.0 Å². The lowest BCUT2D eigenvalue weighted by Crippen LogP contribution is -2.10. The van der Waals surface area contributed by atoms with E-state index in [1.165, 1.54) is 0 Å². The molecule has 0 unspecified atom stereocenters. The van der Waals surface area contributed by atoms with E-state index in [-0.39, 0.29) is 0 Å². The van der Waals surface area contributed by atoms with Crippen molar-refractivity contribution in [3.63, 3.8) is 0 Å². The van der Waals surface area contributed by atoms with Gasteiger partial charge in [0.1, 0.15) is 5.82 Å². The second-order valence-electron chi connectivity index (χ2n) is 5.06. The van der Waals surface area contributed by atoms with Crippen LogP contribution in [0.5, 0.6) is 0 Å². The van der Waals surface area contributed by atoms with Crippen LogP contribution in [-0.2, 0) is 13.0 Å². The molecule has 0 bridgehead atoms. The molecule has 0 saturated heterocycles. The second kappa shape index (κ2) is 5.72. The third-order valence-electron chi connectivity index (χ3n) is 2.94. The first kappa shape index (κ1) is 13.4. The Morgan fingerprint density at radius 1 is 1.39 bits per heavy atom. The molecular formula is C14H20ClN3. The van der Waals surface area contributed by atoms with Gasteiger partial charge in [-0.15, -0.1) is 0 Å². The van der Waals surface area contributed by atoms with E-state index in [2.05, 4.69) is 18.4 Å². The highest BCUT2D eigenvalue weighted by molar-refractivity contribution is 6.31. The molecule has 4 heteroatoms. The van der Waals surface area contributed by atoms with Crippen molar-refractivity contribution in [3.05, 3.63) is 29.0 Å². The van der Waals surface area contributed by atoms with E-state index in [4.69, 9.17) is 22.3 Å². The van der Waals surface area contributed by atoms with Crippen molar-refractivity contribution >= 4 is 22.6 Å². The number of rotatable bonds is 5. The van der Waals surface area contributed by atoms with Gasteiger partial charge in [0.15, 0.2) is 0 Å². The van der Waals surface area contributed by atoms with Gasteiger partial charge in [0.25, 0.3) is 0 Å². The molecule has 0 saturated carbocycles. The van der Waals surface area contributed by atoms with Gasteiger partial charge in [0.2, 0.25) is 0 Å². The van der Waals surface area contributed by atoms with Gasteiger partial charge in [-0.1, -0.05) is 25.4 Å². The summed E-state index contributed by atoms with van der Waals surface area (Å²) < 4.78 is 2.28. The zero-order chi connectivity index (χ0) is 13.1. The van der Waals surface area contributed by atoms with E-state index in [1.54, 1.807) is 0 Å². The molecule has 0 amide bonds. The number of imidazole rings is 1. The van der Waals surface area contributed by atoms with E-state index < -0.39 is 0 Å². The number of hydrogen-bond donors (Lipinski definition) is 1. The summed E-state index contributed by atoms with van der Waals surface area (Å²) in [7, 11) is 0. The summed E-state index contributed by atoms with van der Waals surface area (Å²) in [5, 5.41) is 0.762. The van der Waals surface area contributed by atoms with Crippen LogP contribution in [0.4, 0.5) is 0 Å². The van der Waals surface area contributed by atoms with Crippen LogP contribution in [0.2, 0.25) is 5.02 Å². The van der Waals surface area contributed by atoms with Gasteiger partial charge in [-0.25, -0.2) is 4.98 Å². The summed E-state index contributed by atoms with van der Waals surface area (Å²) in [6.45, 7) is 6.09. The fourth-order valence-electron chi connectivity index (χ4n) is 2.17. The zero-order valence-electron chi connectivity index (χ0n) is 11.0. The largest absolute Gasteiger partial charge is 0.330 e. The fourth-order valence-corrected chi connectivity index (χ4v) is 2.33.